The van der Waals surface area contributed by atoms with Gasteiger partial charge in [0.2, 0.25) is 11.7 Å². The first-order valence-electron chi connectivity index (χ1n) is 11.0. The zero-order chi connectivity index (χ0) is 23.1. The van der Waals surface area contributed by atoms with Crippen molar-refractivity contribution in [3.63, 3.8) is 0 Å². The van der Waals surface area contributed by atoms with Crippen LogP contribution in [0.25, 0.3) is 11.1 Å². The van der Waals surface area contributed by atoms with Gasteiger partial charge in [-0.05, 0) is 24.6 Å². The Bertz CT molecular complexity index is 916. The number of nitrogens with zero attached hydrogens (tertiary/aromatic N) is 2. The molecule has 1 saturated heterocycles. The van der Waals surface area contributed by atoms with Gasteiger partial charge in [0.05, 0.1) is 13.2 Å². The maximum atomic E-state index is 12.8. The molecule has 1 aromatic carbocycles. The summed E-state index contributed by atoms with van der Waals surface area (Å²) in [6.45, 7) is 8.86. The Morgan fingerprint density at radius 2 is 1.88 bits per heavy atom. The van der Waals surface area contributed by atoms with Crippen LogP contribution < -0.4 is 10.6 Å². The van der Waals surface area contributed by atoms with Crippen LogP contribution >= 0.6 is 0 Å². The molecule has 2 N–H and O–H groups in total. The van der Waals surface area contributed by atoms with Gasteiger partial charge in [-0.2, -0.15) is 0 Å². The van der Waals surface area contributed by atoms with E-state index < -0.39 is 14.1 Å². The number of hydrogen-bond acceptors (Lipinski definition) is 6. The largest absolute Gasteiger partial charge is 0.434 e. The third-order valence-corrected chi connectivity index (χ3v) is 6.77. The van der Waals surface area contributed by atoms with Crippen molar-refractivity contribution >= 4 is 36.9 Å². The van der Waals surface area contributed by atoms with Crippen molar-refractivity contribution in [2.24, 2.45) is 0 Å². The third-order valence-electron chi connectivity index (χ3n) is 5.14. The first-order valence-corrected chi connectivity index (χ1v) is 14.7. The summed E-state index contributed by atoms with van der Waals surface area (Å²) >= 11 is 0. The van der Waals surface area contributed by atoms with Crippen molar-refractivity contribution in [1.82, 2.24) is 20.5 Å². The number of hydrogen-bond donors (Lipinski definition) is 2. The fraction of sp³-hybridized carbons (Fsp3) is 0.545. The fourth-order valence-electron chi connectivity index (χ4n) is 3.51. The molecule has 10 heteroatoms. The number of benzene rings is 1. The number of amides is 3. The SMILES string of the molecule is C[Si](C)(C)C[C@H](NC(=O)N1CCOCC1)C(=O)NCCCC(=O)c1nc2ccccc2o1. The molecule has 32 heavy (non-hydrogen) atoms. The number of urea groups is 1. The van der Waals surface area contributed by atoms with Crippen LogP contribution in [0.2, 0.25) is 25.7 Å². The zero-order valence-electron chi connectivity index (χ0n) is 19.0. The van der Waals surface area contributed by atoms with Gasteiger partial charge >= 0.3 is 6.03 Å². The van der Waals surface area contributed by atoms with Crippen LogP contribution in [0.15, 0.2) is 28.7 Å². The molecule has 1 fully saturated rings. The molecule has 0 bridgehead atoms. The first kappa shape index (κ1) is 23.9. The number of para-hydroxylation sites is 2. The van der Waals surface area contributed by atoms with E-state index in [0.29, 0.717) is 56.4 Å². The van der Waals surface area contributed by atoms with E-state index in [1.165, 1.54) is 0 Å². The molecule has 3 rings (SSSR count). The van der Waals surface area contributed by atoms with Crippen molar-refractivity contribution < 1.29 is 23.5 Å². The van der Waals surface area contributed by atoms with E-state index in [-0.39, 0.29) is 30.0 Å². The second kappa shape index (κ2) is 10.7. The number of aromatic nitrogens is 1. The Labute approximate surface area is 188 Å². The standard InChI is InChI=1S/C22H32N4O5Si/c1-32(2,3)15-17(25-22(29)26-11-13-30-14-12-26)20(28)23-10-6-8-18(27)21-24-16-7-4-5-9-19(16)31-21/h4-5,7,9,17H,6,8,10-15H2,1-3H3,(H,23,28)(H,25,29)/t17-/m0/s1. The van der Waals surface area contributed by atoms with Crippen molar-refractivity contribution in [3.05, 3.63) is 30.2 Å². The number of ether oxygens (including phenoxy) is 1. The topological polar surface area (TPSA) is 114 Å². The molecule has 1 atom stereocenters. The highest BCUT2D eigenvalue weighted by molar-refractivity contribution is 6.76. The highest BCUT2D eigenvalue weighted by Crippen LogP contribution is 2.16. The Hall–Kier alpha value is -2.72. The minimum atomic E-state index is -1.62. The van der Waals surface area contributed by atoms with Gasteiger partial charge in [-0.15, -0.1) is 0 Å². The van der Waals surface area contributed by atoms with Crippen LogP contribution in [0.4, 0.5) is 4.79 Å². The van der Waals surface area contributed by atoms with Crippen LogP contribution in [-0.2, 0) is 9.53 Å². The van der Waals surface area contributed by atoms with Crippen molar-refractivity contribution in [3.8, 4) is 0 Å². The summed E-state index contributed by atoms with van der Waals surface area (Å²) in [4.78, 5) is 43.6. The minimum Gasteiger partial charge on any atom is -0.434 e. The molecule has 2 heterocycles. The predicted molar refractivity (Wildman–Crippen MR) is 123 cm³/mol. The van der Waals surface area contributed by atoms with Gasteiger partial charge in [0, 0.05) is 34.1 Å². The number of morpholine rings is 1. The lowest BCUT2D eigenvalue weighted by atomic mass is 10.2. The summed E-state index contributed by atoms with van der Waals surface area (Å²) < 4.78 is 10.8. The molecule has 2 aromatic rings. The van der Waals surface area contributed by atoms with Gasteiger partial charge in [-0.1, -0.05) is 31.8 Å². The summed E-state index contributed by atoms with van der Waals surface area (Å²) in [5.74, 6) is -0.329. The average molecular weight is 461 g/mol. The molecule has 0 spiro atoms. The molecule has 0 saturated carbocycles. The minimum absolute atomic E-state index is 0.0897. The van der Waals surface area contributed by atoms with Crippen LogP contribution in [0, 0.1) is 0 Å². The second-order valence-corrected chi connectivity index (χ2v) is 14.7. The van der Waals surface area contributed by atoms with Gasteiger partial charge in [-0.25, -0.2) is 9.78 Å². The van der Waals surface area contributed by atoms with E-state index in [0.717, 1.165) is 0 Å². The summed E-state index contributed by atoms with van der Waals surface area (Å²) in [5.41, 5.74) is 1.23. The number of ketones is 1. The van der Waals surface area contributed by atoms with Gasteiger partial charge in [0.1, 0.15) is 11.6 Å². The van der Waals surface area contributed by atoms with E-state index in [9.17, 15) is 14.4 Å². The second-order valence-electron chi connectivity index (χ2n) is 9.17. The van der Waals surface area contributed by atoms with Gasteiger partial charge < -0.3 is 24.7 Å². The molecule has 1 aliphatic heterocycles. The molecule has 3 amide bonds. The lowest BCUT2D eigenvalue weighted by Crippen LogP contribution is -2.55. The van der Waals surface area contributed by atoms with Crippen molar-refractivity contribution in [2.75, 3.05) is 32.8 Å². The molecular formula is C22H32N4O5Si. The lowest BCUT2D eigenvalue weighted by molar-refractivity contribution is -0.122. The monoisotopic (exact) mass is 460 g/mol. The fourth-order valence-corrected chi connectivity index (χ4v) is 5.02. The van der Waals surface area contributed by atoms with Crippen LogP contribution in [0.5, 0.6) is 0 Å². The van der Waals surface area contributed by atoms with Gasteiger partial charge in [0.15, 0.2) is 5.58 Å². The quantitative estimate of drug-likeness (QED) is 0.338. The maximum absolute atomic E-state index is 12.8. The zero-order valence-corrected chi connectivity index (χ0v) is 20.0. The highest BCUT2D eigenvalue weighted by Gasteiger charge is 2.29. The molecular weight excluding hydrogens is 428 g/mol. The third kappa shape index (κ3) is 6.89. The molecule has 9 nitrogen and oxygen atoms in total. The Balaban J connectivity index is 1.49. The molecule has 0 radical (unpaired) electrons. The number of carbonyl (C=O) groups excluding carboxylic acids is 3. The Kier molecular flexibility index (Phi) is 8.03. The van der Waals surface area contributed by atoms with E-state index in [1.54, 1.807) is 17.0 Å². The van der Waals surface area contributed by atoms with Crippen LogP contribution in [-0.4, -0.2) is 74.6 Å². The first-order chi connectivity index (χ1) is 15.2. The molecule has 0 unspecified atom stereocenters. The number of fused-ring (bicyclic) bond motifs is 1. The van der Waals surface area contributed by atoms with Gasteiger partial charge in [-0.3, -0.25) is 9.59 Å². The van der Waals surface area contributed by atoms with E-state index in [4.69, 9.17) is 9.15 Å². The van der Waals surface area contributed by atoms with E-state index >= 15 is 0 Å². The Morgan fingerprint density at radius 1 is 1.16 bits per heavy atom. The average Bonchev–Trinajstić information content (AvgIpc) is 3.20. The highest BCUT2D eigenvalue weighted by atomic mass is 28.3. The number of Topliss-reactive ketones (excluding diaryl/α,β-unsaturated/α-hetero) is 1. The Morgan fingerprint density at radius 3 is 2.56 bits per heavy atom. The van der Waals surface area contributed by atoms with Crippen molar-refractivity contribution in [1.29, 1.82) is 0 Å². The normalized spacial score (nSPS) is 15.4. The van der Waals surface area contributed by atoms with Crippen LogP contribution in [0.3, 0.4) is 0 Å². The number of carbonyl (C=O) groups is 3. The predicted octanol–water partition coefficient (Wildman–Crippen LogP) is 2.66. The van der Waals surface area contributed by atoms with Crippen molar-refractivity contribution in [2.45, 2.75) is 44.6 Å². The summed E-state index contributed by atoms with van der Waals surface area (Å²) in [7, 11) is -1.62. The van der Waals surface area contributed by atoms with Crippen LogP contribution in [0.1, 0.15) is 23.5 Å². The maximum Gasteiger partial charge on any atom is 0.318 e. The smallest absolute Gasteiger partial charge is 0.318 e. The van der Waals surface area contributed by atoms with E-state index in [1.807, 2.05) is 12.1 Å². The molecule has 174 valence electrons. The van der Waals surface area contributed by atoms with E-state index in [2.05, 4.69) is 35.3 Å². The summed E-state index contributed by atoms with van der Waals surface area (Å²) in [6.07, 6.45) is 0.673. The van der Waals surface area contributed by atoms with Gasteiger partial charge in [0.25, 0.3) is 5.89 Å². The molecule has 1 aromatic heterocycles. The number of nitrogens with one attached hydrogen (secondary N) is 2. The summed E-state index contributed by atoms with van der Waals surface area (Å²) in [6, 6.07) is 7.03. The molecule has 0 aliphatic carbocycles. The number of rotatable bonds is 9. The summed E-state index contributed by atoms with van der Waals surface area (Å²) in [5, 5.41) is 5.76. The lowest BCUT2D eigenvalue weighted by Gasteiger charge is -2.30. The number of oxazole rings is 1. The molecule has 1 aliphatic rings.